The molecule has 1 nitrogen and oxygen atoms in total. The molecule has 0 aliphatic rings. The van der Waals surface area contributed by atoms with Gasteiger partial charge in [-0.15, -0.1) is 0 Å². The van der Waals surface area contributed by atoms with Crippen LogP contribution >= 0.6 is 0 Å². The summed E-state index contributed by atoms with van der Waals surface area (Å²) in [5, 5.41) is 7.57. The van der Waals surface area contributed by atoms with Gasteiger partial charge in [0.2, 0.25) is 0 Å². The van der Waals surface area contributed by atoms with E-state index >= 15 is 0 Å². The summed E-state index contributed by atoms with van der Waals surface area (Å²) in [4.78, 5) is 0. The topological polar surface area (TPSA) is 22.3 Å². The maximum atomic E-state index is 7.57. The monoisotopic (exact) mass is 195 g/mol. The molecule has 0 atom stereocenters. The quantitative estimate of drug-likeness (QED) is 0.291. The molecule has 0 saturated carbocycles. The van der Waals surface area contributed by atoms with Crippen LogP contribution in [0.1, 0.15) is 6.92 Å². The zero-order valence-corrected chi connectivity index (χ0v) is 5.53. The fourth-order valence-corrected chi connectivity index (χ4v) is 0. The maximum Gasteiger partial charge on any atom is 0.00673 e. The van der Waals surface area contributed by atoms with Crippen LogP contribution in [0.2, 0.25) is 0 Å². The van der Waals surface area contributed by atoms with Crippen molar-refractivity contribution in [1.29, 1.82) is 0 Å². The van der Waals surface area contributed by atoms with Crippen molar-refractivity contribution in [2.24, 2.45) is 0 Å². The minimum atomic E-state index is 0. The number of nitrogens with zero attached hydrogens (tertiary/aromatic N) is 1. The summed E-state index contributed by atoms with van der Waals surface area (Å²) >= 11 is 0. The van der Waals surface area contributed by atoms with Gasteiger partial charge in [0.15, 0.2) is 0 Å². The zero-order valence-electron chi connectivity index (χ0n) is 3.22. The van der Waals surface area contributed by atoms with Crippen molar-refractivity contribution in [2.45, 2.75) is 6.92 Å². The van der Waals surface area contributed by atoms with Crippen LogP contribution < -0.4 is 17.8 Å². The number of rotatable bonds is 0. The summed E-state index contributed by atoms with van der Waals surface area (Å²) in [6.07, 6.45) is 1.43. The number of allylic oxidation sites excluding steroid dienone is 1. The van der Waals surface area contributed by atoms with E-state index in [0.29, 0.717) is 0 Å². The van der Waals surface area contributed by atoms with Crippen LogP contribution in [0.25, 0.3) is 0 Å². The first-order valence-electron chi connectivity index (χ1n) is 1.09. The fourth-order valence-electron chi connectivity index (χ4n) is 0. The first-order valence-corrected chi connectivity index (χ1v) is 1.09. The van der Waals surface area contributed by atoms with Gasteiger partial charge in [-0.2, -0.15) is 0 Å². The van der Waals surface area contributed by atoms with Gasteiger partial charge in [0.1, 0.15) is 0 Å². The van der Waals surface area contributed by atoms with Gasteiger partial charge in [0.25, 0.3) is 0 Å². The Morgan fingerprint density at radius 3 is 1.83 bits per heavy atom. The molecule has 0 amide bonds. The van der Waals surface area contributed by atoms with Gasteiger partial charge in [0.05, 0.1) is 0 Å². The molecule has 0 rings (SSSR count). The van der Waals surface area contributed by atoms with E-state index < -0.39 is 0 Å². The molecule has 0 aliphatic heterocycles. The number of hydrogen-bond donors (Lipinski definition) is 0. The second kappa shape index (κ2) is 18.1. The maximum absolute atomic E-state index is 7.57. The van der Waals surface area contributed by atoms with E-state index in [4.69, 9.17) is 5.41 Å². The molecule has 0 aromatic rings. The van der Waals surface area contributed by atoms with Crippen LogP contribution in [0.5, 0.6) is 0 Å². The molecule has 0 fully saturated rings. The van der Waals surface area contributed by atoms with E-state index in [0.717, 1.165) is 0 Å². The largest absolute Gasteiger partial charge is 1.00 e. The molecule has 0 aromatic carbocycles. The third-order valence-electron chi connectivity index (χ3n) is 0.129. The average molecular weight is 196 g/mol. The standard InChI is InChI=1S/C3H4N.ClH.Pd/c1-2-3-4;;/h2H,1H3;1H;/p-1. The number of hydrogen-bond acceptors (Lipinski definition) is 0. The Morgan fingerprint density at radius 1 is 1.67 bits per heavy atom. The second-order valence-electron chi connectivity index (χ2n) is 0.418. The predicted molar refractivity (Wildman–Crippen MR) is 17.4 cm³/mol. The van der Waals surface area contributed by atoms with Crippen LogP contribution in [-0.2, 0) is 20.4 Å². The summed E-state index contributed by atoms with van der Waals surface area (Å²) in [6.45, 7) is 1.69. The van der Waals surface area contributed by atoms with E-state index in [1.54, 1.807) is 12.8 Å². The average Bonchev–Trinajstić information content (AvgIpc) is 1.37. The van der Waals surface area contributed by atoms with Crippen LogP contribution in [0.4, 0.5) is 0 Å². The smallest absolute Gasteiger partial charge is 0.00673 e. The molecule has 6 heavy (non-hydrogen) atoms. The molecule has 0 bridgehead atoms. The van der Waals surface area contributed by atoms with Crippen molar-refractivity contribution >= 4 is 5.87 Å². The van der Waals surface area contributed by atoms with Crippen LogP contribution in [-0.4, -0.2) is 5.87 Å². The minimum Gasteiger partial charge on any atom is -1.00 e. The zero-order chi connectivity index (χ0) is 3.41. The Bertz CT molecular complexity index is 48.8. The Morgan fingerprint density at radius 2 is 1.83 bits per heavy atom. The number of halogens is 1. The normalized spacial score (nSPS) is 2.83. The molecular formula is C3H4ClNPd-. The van der Waals surface area contributed by atoms with Gasteiger partial charge in [0, 0.05) is 26.3 Å². The van der Waals surface area contributed by atoms with Crippen molar-refractivity contribution in [2.75, 3.05) is 0 Å². The minimum absolute atomic E-state index is 0. The molecule has 39 valence electrons. The van der Waals surface area contributed by atoms with E-state index in [1.165, 1.54) is 6.08 Å². The SMILES string of the molecule is CC=C=[N].[Cl-].[Pd]. The molecular weight excluding hydrogens is 192 g/mol. The molecule has 0 spiro atoms. The van der Waals surface area contributed by atoms with E-state index in [-0.39, 0.29) is 32.8 Å². The van der Waals surface area contributed by atoms with Gasteiger partial charge in [-0.1, -0.05) is 5.41 Å². The van der Waals surface area contributed by atoms with Gasteiger partial charge < -0.3 is 12.4 Å². The van der Waals surface area contributed by atoms with Crippen LogP contribution in [0.3, 0.4) is 0 Å². The van der Waals surface area contributed by atoms with E-state index in [1.807, 2.05) is 0 Å². The molecule has 3 heteroatoms. The van der Waals surface area contributed by atoms with Gasteiger partial charge in [-0.05, 0) is 13.0 Å². The van der Waals surface area contributed by atoms with Crippen LogP contribution in [0.15, 0.2) is 6.08 Å². The predicted octanol–water partition coefficient (Wildman–Crippen LogP) is -2.97. The van der Waals surface area contributed by atoms with Crippen molar-refractivity contribution in [1.82, 2.24) is 5.41 Å². The Kier molecular flexibility index (Phi) is 48.8. The summed E-state index contributed by atoms with van der Waals surface area (Å²) in [6, 6.07) is 0. The fraction of sp³-hybridized carbons (Fsp3) is 0.333. The Balaban J connectivity index is -0.0000000450. The van der Waals surface area contributed by atoms with Crippen molar-refractivity contribution in [3.05, 3.63) is 6.08 Å². The molecule has 0 unspecified atom stereocenters. The molecule has 0 aromatic heterocycles. The molecule has 1 radical (unpaired) electrons. The summed E-state index contributed by atoms with van der Waals surface area (Å²) in [5.41, 5.74) is 0. The van der Waals surface area contributed by atoms with Gasteiger partial charge >= 0.3 is 0 Å². The first kappa shape index (κ1) is 16.1. The van der Waals surface area contributed by atoms with E-state index in [2.05, 4.69) is 0 Å². The van der Waals surface area contributed by atoms with E-state index in [9.17, 15) is 0 Å². The van der Waals surface area contributed by atoms with Crippen LogP contribution in [0, 0.1) is 0 Å². The Labute approximate surface area is 57.4 Å². The third-order valence-corrected chi connectivity index (χ3v) is 0.129. The third kappa shape index (κ3) is 25.9. The summed E-state index contributed by atoms with van der Waals surface area (Å²) in [5.74, 6) is 1.81. The van der Waals surface area contributed by atoms with Crippen molar-refractivity contribution in [3.63, 3.8) is 0 Å². The van der Waals surface area contributed by atoms with Crippen molar-refractivity contribution < 1.29 is 32.8 Å². The first-order chi connectivity index (χ1) is 1.91. The molecule has 0 aliphatic carbocycles. The molecule has 0 N–H and O–H groups in total. The van der Waals surface area contributed by atoms with Crippen molar-refractivity contribution in [3.8, 4) is 0 Å². The molecule has 0 heterocycles. The van der Waals surface area contributed by atoms with Gasteiger partial charge in [-0.25, -0.2) is 0 Å². The summed E-state index contributed by atoms with van der Waals surface area (Å²) in [7, 11) is 0. The second-order valence-corrected chi connectivity index (χ2v) is 0.418. The summed E-state index contributed by atoms with van der Waals surface area (Å²) < 4.78 is 0. The van der Waals surface area contributed by atoms with Gasteiger partial charge in [-0.3, -0.25) is 0 Å². The Hall–Kier alpha value is 0.402. The molecule has 0 saturated heterocycles.